The van der Waals surface area contributed by atoms with Gasteiger partial charge in [-0.3, -0.25) is 0 Å². The first-order valence-corrected chi connectivity index (χ1v) is 7.41. The smallest absolute Gasteiger partial charge is 0.130 e. The predicted molar refractivity (Wildman–Crippen MR) is 95.6 cm³/mol. The highest BCUT2D eigenvalue weighted by atomic mass is 15.3. The minimum absolute atomic E-state index is 0.0222. The van der Waals surface area contributed by atoms with E-state index in [1.807, 2.05) is 18.2 Å². The molecule has 1 N–H and O–H groups in total. The van der Waals surface area contributed by atoms with E-state index in [0.29, 0.717) is 0 Å². The Hall–Kier alpha value is -2.74. The summed E-state index contributed by atoms with van der Waals surface area (Å²) in [5, 5.41) is 3.63. The van der Waals surface area contributed by atoms with Crippen molar-refractivity contribution in [3.8, 4) is 0 Å². The molecular formula is C20H20N2. The highest BCUT2D eigenvalue weighted by Crippen LogP contribution is 2.43. The molecule has 0 fully saturated rings. The second kappa shape index (κ2) is 5.94. The molecule has 0 bridgehead atoms. The molecule has 0 radical (unpaired) electrons. The number of anilines is 3. The summed E-state index contributed by atoms with van der Waals surface area (Å²) >= 11 is 0. The minimum Gasteiger partial charge on any atom is -0.359 e. The van der Waals surface area contributed by atoms with Crippen LogP contribution in [-0.4, -0.2) is 6.17 Å². The zero-order valence-corrected chi connectivity index (χ0v) is 12.8. The van der Waals surface area contributed by atoms with Crippen LogP contribution < -0.4 is 10.2 Å². The van der Waals surface area contributed by atoms with Crippen LogP contribution >= 0.6 is 0 Å². The van der Waals surface area contributed by atoms with Gasteiger partial charge in [-0.2, -0.15) is 0 Å². The molecule has 1 heterocycles. The Balaban J connectivity index is 2.16. The first kappa shape index (κ1) is 14.2. The van der Waals surface area contributed by atoms with E-state index in [1.165, 1.54) is 16.9 Å². The van der Waals surface area contributed by atoms with Crippen molar-refractivity contribution in [2.45, 2.75) is 13.1 Å². The van der Waals surface area contributed by atoms with Gasteiger partial charge in [0.05, 0.1) is 11.4 Å². The van der Waals surface area contributed by atoms with E-state index in [-0.39, 0.29) is 6.17 Å². The Morgan fingerprint density at radius 3 is 2.55 bits per heavy atom. The zero-order valence-electron chi connectivity index (χ0n) is 12.8. The summed E-state index contributed by atoms with van der Waals surface area (Å²) in [6.45, 7) is 9.90. The third kappa shape index (κ3) is 2.33. The number of nitrogens with one attached hydrogen (secondary N) is 1. The van der Waals surface area contributed by atoms with Crippen LogP contribution in [0, 0.1) is 6.92 Å². The maximum absolute atomic E-state index is 3.95. The number of rotatable bonds is 4. The van der Waals surface area contributed by atoms with Crippen molar-refractivity contribution in [1.82, 2.24) is 0 Å². The first-order chi connectivity index (χ1) is 10.8. The van der Waals surface area contributed by atoms with Crippen molar-refractivity contribution in [3.63, 3.8) is 0 Å². The molecule has 1 aliphatic rings. The first-order valence-electron chi connectivity index (χ1n) is 7.41. The predicted octanol–water partition coefficient (Wildman–Crippen LogP) is 5.18. The number of allylic oxidation sites excluding steroid dienone is 2. The maximum Gasteiger partial charge on any atom is 0.130 e. The third-order valence-electron chi connectivity index (χ3n) is 3.95. The van der Waals surface area contributed by atoms with Gasteiger partial charge in [0, 0.05) is 5.69 Å². The molecule has 22 heavy (non-hydrogen) atoms. The lowest BCUT2D eigenvalue weighted by atomic mass is 10.1. The van der Waals surface area contributed by atoms with Gasteiger partial charge in [0.15, 0.2) is 0 Å². The normalized spacial score (nSPS) is 16.9. The second-order valence-corrected chi connectivity index (χ2v) is 5.33. The Labute approximate surface area is 132 Å². The van der Waals surface area contributed by atoms with Crippen molar-refractivity contribution in [3.05, 3.63) is 91.1 Å². The van der Waals surface area contributed by atoms with E-state index < -0.39 is 0 Å². The average molecular weight is 288 g/mol. The van der Waals surface area contributed by atoms with E-state index in [9.17, 15) is 0 Å². The molecule has 1 unspecified atom stereocenters. The van der Waals surface area contributed by atoms with Gasteiger partial charge >= 0.3 is 0 Å². The molecule has 2 nitrogen and oxygen atoms in total. The summed E-state index contributed by atoms with van der Waals surface area (Å²) in [5.41, 5.74) is 5.85. The van der Waals surface area contributed by atoms with Crippen LogP contribution in [0.3, 0.4) is 0 Å². The fraction of sp³-hybridized carbons (Fsp3) is 0.100. The van der Waals surface area contributed by atoms with Crippen molar-refractivity contribution < 1.29 is 0 Å². The largest absolute Gasteiger partial charge is 0.359 e. The summed E-state index contributed by atoms with van der Waals surface area (Å²) in [4.78, 5) is 2.30. The second-order valence-electron chi connectivity index (χ2n) is 5.33. The Morgan fingerprint density at radius 2 is 1.86 bits per heavy atom. The molecule has 0 spiro atoms. The summed E-state index contributed by atoms with van der Waals surface area (Å²) in [7, 11) is 0. The van der Waals surface area contributed by atoms with Crippen LogP contribution in [0.5, 0.6) is 0 Å². The van der Waals surface area contributed by atoms with Gasteiger partial charge in [-0.05, 0) is 36.3 Å². The van der Waals surface area contributed by atoms with Gasteiger partial charge in [-0.15, -0.1) is 0 Å². The van der Waals surface area contributed by atoms with E-state index in [2.05, 4.69) is 72.8 Å². The molecule has 2 aromatic carbocycles. The summed E-state index contributed by atoms with van der Waals surface area (Å²) in [6.07, 6.45) is 5.71. The number of fused-ring (bicyclic) bond motifs is 1. The van der Waals surface area contributed by atoms with Crippen LogP contribution in [0.2, 0.25) is 0 Å². The molecule has 0 saturated carbocycles. The minimum atomic E-state index is 0.0222. The quantitative estimate of drug-likeness (QED) is 0.779. The number of hydrogen-bond acceptors (Lipinski definition) is 2. The number of hydrogen-bond donors (Lipinski definition) is 1. The number of nitrogens with zero attached hydrogens (tertiary/aromatic N) is 1. The van der Waals surface area contributed by atoms with Crippen LogP contribution in [0.4, 0.5) is 17.1 Å². The van der Waals surface area contributed by atoms with E-state index in [0.717, 1.165) is 11.3 Å². The summed E-state index contributed by atoms with van der Waals surface area (Å²) in [5.74, 6) is 0. The van der Waals surface area contributed by atoms with Crippen LogP contribution in [0.1, 0.15) is 5.56 Å². The monoisotopic (exact) mass is 288 g/mol. The molecule has 0 aliphatic carbocycles. The van der Waals surface area contributed by atoms with Crippen molar-refractivity contribution in [1.29, 1.82) is 0 Å². The molecule has 2 aromatic rings. The summed E-state index contributed by atoms with van der Waals surface area (Å²) < 4.78 is 0. The standard InChI is InChI=1S/C20H20N2/c1-4-10-16(5-2)20-21-19-15(3)11-9-14-18(19)22(20)17-12-7-6-8-13-17/h4-14,20-21H,1-2H2,3H3/b16-10+. The Bertz CT molecular complexity index is 729. The molecule has 0 amide bonds. The SMILES string of the molecule is C=C/C=C(\C=C)C1Nc2c(C)cccc2N1c1ccccc1. The Kier molecular flexibility index (Phi) is 3.84. The molecule has 2 heteroatoms. The Morgan fingerprint density at radius 1 is 1.09 bits per heavy atom. The van der Waals surface area contributed by atoms with Crippen LogP contribution in [-0.2, 0) is 0 Å². The molecule has 1 atom stereocenters. The highest BCUT2D eigenvalue weighted by molar-refractivity contribution is 5.86. The van der Waals surface area contributed by atoms with Crippen molar-refractivity contribution in [2.24, 2.45) is 0 Å². The third-order valence-corrected chi connectivity index (χ3v) is 3.95. The topological polar surface area (TPSA) is 15.3 Å². The van der Waals surface area contributed by atoms with E-state index in [4.69, 9.17) is 0 Å². The fourth-order valence-electron chi connectivity index (χ4n) is 2.90. The molecule has 1 aliphatic heterocycles. The van der Waals surface area contributed by atoms with Gasteiger partial charge in [0.1, 0.15) is 6.17 Å². The zero-order chi connectivity index (χ0) is 15.5. The molecule has 3 rings (SSSR count). The van der Waals surface area contributed by atoms with Gasteiger partial charge in [-0.25, -0.2) is 0 Å². The number of aryl methyl sites for hydroxylation is 1. The highest BCUT2D eigenvalue weighted by Gasteiger charge is 2.32. The average Bonchev–Trinajstić information content (AvgIpc) is 2.94. The fourth-order valence-corrected chi connectivity index (χ4v) is 2.90. The van der Waals surface area contributed by atoms with Gasteiger partial charge in [0.2, 0.25) is 0 Å². The number of para-hydroxylation sites is 2. The lowest BCUT2D eigenvalue weighted by Crippen LogP contribution is -2.33. The molecule has 0 saturated heterocycles. The maximum atomic E-state index is 3.95. The molecular weight excluding hydrogens is 268 g/mol. The van der Waals surface area contributed by atoms with Crippen molar-refractivity contribution >= 4 is 17.1 Å². The van der Waals surface area contributed by atoms with Gasteiger partial charge < -0.3 is 10.2 Å². The summed E-state index contributed by atoms with van der Waals surface area (Å²) in [6, 6.07) is 16.8. The molecule has 110 valence electrons. The molecule has 0 aromatic heterocycles. The van der Waals surface area contributed by atoms with E-state index in [1.54, 1.807) is 6.08 Å². The van der Waals surface area contributed by atoms with Crippen LogP contribution in [0.15, 0.2) is 85.5 Å². The van der Waals surface area contributed by atoms with E-state index >= 15 is 0 Å². The lowest BCUT2D eigenvalue weighted by Gasteiger charge is -2.27. The number of benzene rings is 2. The van der Waals surface area contributed by atoms with Gasteiger partial charge in [-0.1, -0.05) is 61.7 Å². The lowest BCUT2D eigenvalue weighted by molar-refractivity contribution is 0.889. The van der Waals surface area contributed by atoms with Crippen LogP contribution in [0.25, 0.3) is 0 Å². The van der Waals surface area contributed by atoms with Crippen molar-refractivity contribution in [2.75, 3.05) is 10.2 Å². The van der Waals surface area contributed by atoms with Gasteiger partial charge in [0.25, 0.3) is 0 Å².